The number of carbonyl (C=O) groups is 1. The minimum Gasteiger partial charge on any atom is -0.299 e. The first-order chi connectivity index (χ1) is 10.8. The third-order valence-electron chi connectivity index (χ3n) is 4.02. The van der Waals surface area contributed by atoms with Crippen molar-refractivity contribution in [3.63, 3.8) is 0 Å². The Kier molecular flexibility index (Phi) is 3.15. The molecule has 0 unspecified atom stereocenters. The lowest BCUT2D eigenvalue weighted by Gasteiger charge is -2.04. The van der Waals surface area contributed by atoms with Crippen molar-refractivity contribution in [3.8, 4) is 11.1 Å². The molecule has 2 heterocycles. The van der Waals surface area contributed by atoms with Gasteiger partial charge in [0.1, 0.15) is 5.78 Å². The van der Waals surface area contributed by atoms with E-state index in [1.54, 1.807) is 6.20 Å². The van der Waals surface area contributed by atoms with Crippen molar-refractivity contribution >= 4 is 16.7 Å². The zero-order valence-corrected chi connectivity index (χ0v) is 12.1. The van der Waals surface area contributed by atoms with Crippen molar-refractivity contribution in [3.05, 3.63) is 54.5 Å². The van der Waals surface area contributed by atoms with Gasteiger partial charge in [-0.05, 0) is 42.7 Å². The SMILES string of the molecule is O=C(Cc1cc2cc(-c3cccnc3)ccc2nn1)C1CC1. The maximum Gasteiger partial charge on any atom is 0.141 e. The standard InChI is InChI=1S/C18H15N3O/c22-18(12-3-4-12)10-16-9-15-8-13(5-6-17(15)21-20-16)14-2-1-7-19-11-14/h1-2,5-9,11-12H,3-4,10H2. The zero-order chi connectivity index (χ0) is 14.9. The predicted octanol–water partition coefficient (Wildman–Crippen LogP) is 3.21. The number of pyridine rings is 1. The van der Waals surface area contributed by atoms with E-state index in [0.717, 1.165) is 40.6 Å². The molecule has 0 radical (unpaired) electrons. The number of hydrogen-bond acceptors (Lipinski definition) is 4. The molecule has 1 saturated carbocycles. The summed E-state index contributed by atoms with van der Waals surface area (Å²) in [5, 5.41) is 9.42. The van der Waals surface area contributed by atoms with Crippen LogP contribution in [0.2, 0.25) is 0 Å². The molecule has 1 aromatic carbocycles. The van der Waals surface area contributed by atoms with Crippen LogP contribution in [0, 0.1) is 5.92 Å². The van der Waals surface area contributed by atoms with E-state index in [-0.39, 0.29) is 11.7 Å². The normalized spacial score (nSPS) is 14.2. The molecule has 4 nitrogen and oxygen atoms in total. The second-order valence-corrected chi connectivity index (χ2v) is 5.77. The van der Waals surface area contributed by atoms with Gasteiger partial charge >= 0.3 is 0 Å². The first-order valence-electron chi connectivity index (χ1n) is 7.49. The zero-order valence-electron chi connectivity index (χ0n) is 12.1. The molecule has 108 valence electrons. The summed E-state index contributed by atoms with van der Waals surface area (Å²) >= 11 is 0. The van der Waals surface area contributed by atoms with Crippen LogP contribution >= 0.6 is 0 Å². The fraction of sp³-hybridized carbons (Fsp3) is 0.222. The van der Waals surface area contributed by atoms with Crippen molar-refractivity contribution in [2.75, 3.05) is 0 Å². The number of aromatic nitrogens is 3. The monoisotopic (exact) mass is 289 g/mol. The highest BCUT2D eigenvalue weighted by atomic mass is 16.1. The van der Waals surface area contributed by atoms with Crippen molar-refractivity contribution in [2.45, 2.75) is 19.3 Å². The van der Waals surface area contributed by atoms with E-state index in [1.807, 2.05) is 36.5 Å². The number of rotatable bonds is 4. The molecular formula is C18H15N3O. The predicted molar refractivity (Wildman–Crippen MR) is 84.2 cm³/mol. The molecule has 0 amide bonds. The Morgan fingerprint density at radius 1 is 1.09 bits per heavy atom. The van der Waals surface area contributed by atoms with E-state index in [0.29, 0.717) is 6.42 Å². The van der Waals surface area contributed by atoms with Gasteiger partial charge in [0.25, 0.3) is 0 Å². The molecule has 1 aliphatic rings. The van der Waals surface area contributed by atoms with Gasteiger partial charge in [-0.1, -0.05) is 12.1 Å². The average molecular weight is 289 g/mol. The van der Waals surface area contributed by atoms with E-state index in [9.17, 15) is 4.79 Å². The van der Waals surface area contributed by atoms with Gasteiger partial charge in [-0.3, -0.25) is 9.78 Å². The van der Waals surface area contributed by atoms with Gasteiger partial charge in [0.2, 0.25) is 0 Å². The molecule has 0 atom stereocenters. The van der Waals surface area contributed by atoms with Crippen LogP contribution in [-0.2, 0) is 11.2 Å². The summed E-state index contributed by atoms with van der Waals surface area (Å²) in [4.78, 5) is 16.1. The quantitative estimate of drug-likeness (QED) is 0.740. The van der Waals surface area contributed by atoms with Gasteiger partial charge in [0.05, 0.1) is 17.6 Å². The maximum atomic E-state index is 11.9. The van der Waals surface area contributed by atoms with Crippen molar-refractivity contribution in [1.82, 2.24) is 15.2 Å². The first-order valence-corrected chi connectivity index (χ1v) is 7.49. The number of carbonyl (C=O) groups excluding carboxylic acids is 1. The van der Waals surface area contributed by atoms with Gasteiger partial charge in [-0.2, -0.15) is 10.2 Å². The third-order valence-corrected chi connectivity index (χ3v) is 4.02. The molecule has 4 heteroatoms. The van der Waals surface area contributed by atoms with E-state index >= 15 is 0 Å². The molecule has 0 spiro atoms. The number of benzene rings is 1. The summed E-state index contributed by atoms with van der Waals surface area (Å²) in [6.07, 6.45) is 6.06. The molecule has 1 fully saturated rings. The average Bonchev–Trinajstić information content (AvgIpc) is 3.40. The Morgan fingerprint density at radius 2 is 2.00 bits per heavy atom. The van der Waals surface area contributed by atoms with E-state index < -0.39 is 0 Å². The Bertz CT molecular complexity index is 841. The molecule has 0 saturated heterocycles. The van der Waals surface area contributed by atoms with Crippen LogP contribution < -0.4 is 0 Å². The molecule has 1 aliphatic carbocycles. The van der Waals surface area contributed by atoms with Crippen molar-refractivity contribution in [1.29, 1.82) is 0 Å². The summed E-state index contributed by atoms with van der Waals surface area (Å²) in [6.45, 7) is 0. The molecule has 22 heavy (non-hydrogen) atoms. The Morgan fingerprint density at radius 3 is 2.77 bits per heavy atom. The minimum atomic E-state index is 0.263. The van der Waals surface area contributed by atoms with Gasteiger partial charge in [-0.25, -0.2) is 0 Å². The van der Waals surface area contributed by atoms with E-state index in [2.05, 4.69) is 21.2 Å². The highest BCUT2D eigenvalue weighted by Gasteiger charge is 2.29. The van der Waals surface area contributed by atoms with Gasteiger partial charge in [0.15, 0.2) is 0 Å². The molecular weight excluding hydrogens is 274 g/mol. The van der Waals surface area contributed by atoms with Crippen LogP contribution in [0.15, 0.2) is 48.8 Å². The first kappa shape index (κ1) is 13.1. The highest BCUT2D eigenvalue weighted by molar-refractivity contribution is 5.87. The number of Topliss-reactive ketones (excluding diaryl/α,β-unsaturated/α-hetero) is 1. The summed E-state index contributed by atoms with van der Waals surface area (Å²) in [5.41, 5.74) is 3.76. The number of ketones is 1. The Hall–Kier alpha value is -2.62. The van der Waals surface area contributed by atoms with E-state index in [4.69, 9.17) is 0 Å². The highest BCUT2D eigenvalue weighted by Crippen LogP contribution is 2.31. The molecule has 3 aromatic rings. The lowest BCUT2D eigenvalue weighted by Crippen LogP contribution is -2.07. The van der Waals surface area contributed by atoms with E-state index in [1.165, 1.54) is 0 Å². The fourth-order valence-electron chi connectivity index (χ4n) is 2.62. The van der Waals surface area contributed by atoms with Crippen LogP contribution in [0.4, 0.5) is 0 Å². The molecule has 0 N–H and O–H groups in total. The van der Waals surface area contributed by atoms with Gasteiger partial charge in [0, 0.05) is 29.3 Å². The second-order valence-electron chi connectivity index (χ2n) is 5.77. The minimum absolute atomic E-state index is 0.263. The van der Waals surface area contributed by atoms with Crippen molar-refractivity contribution in [2.24, 2.45) is 5.92 Å². The molecule has 0 bridgehead atoms. The Balaban J connectivity index is 1.69. The fourth-order valence-corrected chi connectivity index (χ4v) is 2.62. The lowest BCUT2D eigenvalue weighted by molar-refractivity contribution is -0.119. The molecule has 2 aromatic heterocycles. The third kappa shape index (κ3) is 2.60. The molecule has 0 aliphatic heterocycles. The van der Waals surface area contributed by atoms with Crippen LogP contribution in [0.3, 0.4) is 0 Å². The summed E-state index contributed by atoms with van der Waals surface area (Å²) in [5.74, 6) is 0.552. The van der Waals surface area contributed by atoms with Gasteiger partial charge < -0.3 is 0 Å². The summed E-state index contributed by atoms with van der Waals surface area (Å²) in [7, 11) is 0. The Labute approximate surface area is 128 Å². The van der Waals surface area contributed by atoms with Crippen LogP contribution in [0.25, 0.3) is 22.0 Å². The molecule has 4 rings (SSSR count). The van der Waals surface area contributed by atoms with Crippen molar-refractivity contribution < 1.29 is 4.79 Å². The largest absolute Gasteiger partial charge is 0.299 e. The second kappa shape index (κ2) is 5.30. The number of hydrogen-bond donors (Lipinski definition) is 0. The maximum absolute atomic E-state index is 11.9. The van der Waals surface area contributed by atoms with Gasteiger partial charge in [-0.15, -0.1) is 0 Å². The summed E-state index contributed by atoms with van der Waals surface area (Å²) in [6, 6.07) is 12.0. The number of fused-ring (bicyclic) bond motifs is 1. The number of nitrogens with zero attached hydrogens (tertiary/aromatic N) is 3. The lowest BCUT2D eigenvalue weighted by atomic mass is 10.0. The topological polar surface area (TPSA) is 55.7 Å². The van der Waals surface area contributed by atoms with Crippen LogP contribution in [0.1, 0.15) is 18.5 Å². The van der Waals surface area contributed by atoms with Crippen LogP contribution in [0.5, 0.6) is 0 Å². The van der Waals surface area contributed by atoms with Crippen LogP contribution in [-0.4, -0.2) is 21.0 Å². The summed E-state index contributed by atoms with van der Waals surface area (Å²) < 4.78 is 0. The smallest absolute Gasteiger partial charge is 0.141 e.